The Labute approximate surface area is 236 Å². The SMILES string of the molecule is Cc1ccc(C(=O)OCCOCC(=O)OCCOCCOC(=O)COCCOC(=O)c2ccc(OC#N)cc2)cc1. The van der Waals surface area contributed by atoms with Gasteiger partial charge in [-0.3, -0.25) is 0 Å². The first-order valence-electron chi connectivity index (χ1n) is 12.5. The number of hydrogen-bond acceptors (Lipinski definition) is 13. The first-order chi connectivity index (χ1) is 19.9. The molecule has 0 saturated heterocycles. The summed E-state index contributed by atoms with van der Waals surface area (Å²) in [5.41, 5.74) is 1.74. The molecule has 0 aliphatic carbocycles. The Kier molecular flexibility index (Phi) is 15.6. The fraction of sp³-hybridized carbons (Fsp3) is 0.393. The lowest BCUT2D eigenvalue weighted by Gasteiger charge is -2.09. The number of hydrogen-bond donors (Lipinski definition) is 0. The molecular weight excluding hydrogens is 542 g/mol. The molecule has 0 radical (unpaired) electrons. The highest BCUT2D eigenvalue weighted by atomic mass is 16.6. The van der Waals surface area contributed by atoms with Crippen LogP contribution in [0.15, 0.2) is 48.5 Å². The fourth-order valence-electron chi connectivity index (χ4n) is 2.88. The van der Waals surface area contributed by atoms with Crippen LogP contribution in [0.5, 0.6) is 5.75 Å². The molecule has 13 heteroatoms. The Morgan fingerprint density at radius 2 is 1.00 bits per heavy atom. The maximum Gasteiger partial charge on any atom is 0.338 e. The zero-order valence-electron chi connectivity index (χ0n) is 22.5. The Morgan fingerprint density at radius 3 is 1.46 bits per heavy atom. The standard InChI is InChI=1S/C28H31NO12/c1-21-2-4-22(5-3-21)27(32)39-16-12-35-18-25(30)37-14-10-34-11-15-38-26(31)19-36-13-17-40-28(33)23-6-8-24(9-7-23)41-20-29/h2-9H,10-19H2,1H3. The Balaban J connectivity index is 1.37. The summed E-state index contributed by atoms with van der Waals surface area (Å²) in [6.07, 6.45) is 1.53. The first-order valence-corrected chi connectivity index (χ1v) is 12.5. The van der Waals surface area contributed by atoms with E-state index >= 15 is 0 Å². The minimum Gasteiger partial charge on any atom is -0.462 e. The van der Waals surface area contributed by atoms with Crippen molar-refractivity contribution < 1.29 is 57.1 Å². The van der Waals surface area contributed by atoms with Crippen molar-refractivity contribution in [3.63, 3.8) is 0 Å². The van der Waals surface area contributed by atoms with Gasteiger partial charge in [0.1, 0.15) is 45.4 Å². The molecule has 2 aromatic carbocycles. The van der Waals surface area contributed by atoms with Crippen LogP contribution in [-0.2, 0) is 42.7 Å². The van der Waals surface area contributed by atoms with Crippen LogP contribution in [0.3, 0.4) is 0 Å². The number of carbonyl (C=O) groups is 4. The molecule has 0 N–H and O–H groups in total. The van der Waals surface area contributed by atoms with Crippen molar-refractivity contribution >= 4 is 23.9 Å². The summed E-state index contributed by atoms with van der Waals surface area (Å²) in [6.45, 7) is 1.37. The second-order valence-electron chi connectivity index (χ2n) is 8.01. The van der Waals surface area contributed by atoms with Gasteiger partial charge in [0, 0.05) is 0 Å². The molecule has 0 spiro atoms. The van der Waals surface area contributed by atoms with Gasteiger partial charge in [-0.2, -0.15) is 0 Å². The minimum absolute atomic E-state index is 0.00259. The monoisotopic (exact) mass is 573 g/mol. The summed E-state index contributed by atoms with van der Waals surface area (Å²) >= 11 is 0. The van der Waals surface area contributed by atoms with E-state index in [1.165, 1.54) is 30.5 Å². The van der Waals surface area contributed by atoms with Gasteiger partial charge < -0.3 is 37.9 Å². The van der Waals surface area contributed by atoms with E-state index in [2.05, 4.69) is 4.74 Å². The van der Waals surface area contributed by atoms with E-state index < -0.39 is 23.9 Å². The second-order valence-corrected chi connectivity index (χ2v) is 8.01. The van der Waals surface area contributed by atoms with Crippen LogP contribution in [0, 0.1) is 18.4 Å². The molecule has 0 amide bonds. The van der Waals surface area contributed by atoms with Crippen LogP contribution in [-0.4, -0.2) is 89.9 Å². The molecule has 0 aromatic heterocycles. The molecule has 2 aromatic rings. The summed E-state index contributed by atoms with van der Waals surface area (Å²) in [5, 5.41) is 8.44. The third-order valence-electron chi connectivity index (χ3n) is 4.88. The van der Waals surface area contributed by atoms with Crippen molar-refractivity contribution in [3.8, 4) is 12.0 Å². The molecule has 0 unspecified atom stereocenters. The average Bonchev–Trinajstić information content (AvgIpc) is 2.97. The molecule has 220 valence electrons. The quantitative estimate of drug-likeness (QED) is 0.104. The van der Waals surface area contributed by atoms with E-state index in [-0.39, 0.29) is 71.6 Å². The van der Waals surface area contributed by atoms with E-state index in [0.29, 0.717) is 11.3 Å². The van der Waals surface area contributed by atoms with E-state index in [1.54, 1.807) is 24.3 Å². The largest absolute Gasteiger partial charge is 0.462 e. The van der Waals surface area contributed by atoms with E-state index in [1.807, 2.05) is 6.92 Å². The van der Waals surface area contributed by atoms with Crippen molar-refractivity contribution in [2.24, 2.45) is 0 Å². The number of nitriles is 1. The Morgan fingerprint density at radius 1 is 0.585 bits per heavy atom. The van der Waals surface area contributed by atoms with Crippen molar-refractivity contribution in [3.05, 3.63) is 65.2 Å². The van der Waals surface area contributed by atoms with Gasteiger partial charge in [0.15, 0.2) is 0 Å². The highest BCUT2D eigenvalue weighted by molar-refractivity contribution is 5.89. The van der Waals surface area contributed by atoms with Crippen molar-refractivity contribution in [1.29, 1.82) is 5.26 Å². The molecule has 0 heterocycles. The number of carbonyl (C=O) groups excluding carboxylic acids is 4. The van der Waals surface area contributed by atoms with Crippen LogP contribution in [0.25, 0.3) is 0 Å². The second kappa shape index (κ2) is 19.5. The van der Waals surface area contributed by atoms with Gasteiger partial charge in [-0.25, -0.2) is 19.2 Å². The van der Waals surface area contributed by atoms with E-state index in [9.17, 15) is 19.2 Å². The van der Waals surface area contributed by atoms with Crippen LogP contribution < -0.4 is 4.74 Å². The maximum absolute atomic E-state index is 11.9. The molecule has 0 aliphatic rings. The summed E-state index contributed by atoms with van der Waals surface area (Å²) in [6, 6.07) is 12.8. The zero-order valence-corrected chi connectivity index (χ0v) is 22.5. The highest BCUT2D eigenvalue weighted by Gasteiger charge is 2.09. The first kappa shape index (κ1) is 32.7. The molecule has 2 rings (SSSR count). The normalized spacial score (nSPS) is 10.2. The van der Waals surface area contributed by atoms with Gasteiger partial charge in [0.05, 0.1) is 37.6 Å². The topological polar surface area (TPSA) is 166 Å². The number of ether oxygens (including phenoxy) is 8. The lowest BCUT2D eigenvalue weighted by molar-refractivity contribution is -0.152. The summed E-state index contributed by atoms with van der Waals surface area (Å²) < 4.78 is 40.0. The number of benzene rings is 2. The lowest BCUT2D eigenvalue weighted by atomic mass is 10.1. The molecule has 0 fully saturated rings. The van der Waals surface area contributed by atoms with Crippen LogP contribution in [0.1, 0.15) is 26.3 Å². The highest BCUT2D eigenvalue weighted by Crippen LogP contribution is 2.12. The molecule has 0 atom stereocenters. The molecule has 13 nitrogen and oxygen atoms in total. The summed E-state index contributed by atoms with van der Waals surface area (Å²) in [5.74, 6) is -1.99. The fourth-order valence-corrected chi connectivity index (χ4v) is 2.88. The Hall–Kier alpha value is -4.51. The predicted octanol–water partition coefficient (Wildman–Crippen LogP) is 2.00. The number of esters is 4. The molecular formula is C28H31NO12. The van der Waals surface area contributed by atoms with Crippen molar-refractivity contribution in [1.82, 2.24) is 0 Å². The molecule has 0 bridgehead atoms. The number of rotatable bonds is 19. The number of nitrogens with zero attached hydrogens (tertiary/aromatic N) is 1. The van der Waals surface area contributed by atoms with Gasteiger partial charge in [-0.15, -0.1) is 5.26 Å². The van der Waals surface area contributed by atoms with Gasteiger partial charge >= 0.3 is 23.9 Å². The van der Waals surface area contributed by atoms with Crippen molar-refractivity contribution in [2.75, 3.05) is 66.1 Å². The Bertz CT molecular complexity index is 1140. The lowest BCUT2D eigenvalue weighted by Crippen LogP contribution is -2.20. The number of aryl methyl sites for hydroxylation is 1. The van der Waals surface area contributed by atoms with Crippen LogP contribution in [0.2, 0.25) is 0 Å². The van der Waals surface area contributed by atoms with Gasteiger partial charge in [-0.1, -0.05) is 17.7 Å². The molecule has 41 heavy (non-hydrogen) atoms. The summed E-state index contributed by atoms with van der Waals surface area (Å²) in [7, 11) is 0. The van der Waals surface area contributed by atoms with Gasteiger partial charge in [0.2, 0.25) is 0 Å². The van der Waals surface area contributed by atoms with Crippen LogP contribution >= 0.6 is 0 Å². The third kappa shape index (κ3) is 14.4. The minimum atomic E-state index is -0.624. The zero-order chi connectivity index (χ0) is 29.7. The predicted molar refractivity (Wildman–Crippen MR) is 139 cm³/mol. The molecule has 0 aliphatic heterocycles. The van der Waals surface area contributed by atoms with Gasteiger partial charge in [-0.05, 0) is 43.3 Å². The third-order valence-corrected chi connectivity index (χ3v) is 4.88. The summed E-state index contributed by atoms with van der Waals surface area (Å²) in [4.78, 5) is 47.0. The van der Waals surface area contributed by atoms with E-state index in [0.717, 1.165) is 5.56 Å². The van der Waals surface area contributed by atoms with Gasteiger partial charge in [0.25, 0.3) is 6.26 Å². The average molecular weight is 574 g/mol. The maximum atomic E-state index is 11.9. The van der Waals surface area contributed by atoms with Crippen molar-refractivity contribution in [2.45, 2.75) is 6.92 Å². The smallest absolute Gasteiger partial charge is 0.338 e. The molecule has 0 saturated carbocycles. The van der Waals surface area contributed by atoms with Crippen LogP contribution in [0.4, 0.5) is 0 Å². The van der Waals surface area contributed by atoms with E-state index in [4.69, 9.17) is 38.4 Å².